The fourth-order valence-electron chi connectivity index (χ4n) is 2.27. The molecule has 0 spiro atoms. The van der Waals surface area contributed by atoms with Crippen LogP contribution in [0.4, 0.5) is 17.6 Å². The Morgan fingerprint density at radius 3 is 2.40 bits per heavy atom. The quantitative estimate of drug-likeness (QED) is 0.736. The van der Waals surface area contributed by atoms with Crippen LogP contribution in [0.5, 0.6) is 0 Å². The SMILES string of the molecule is CC(C)Nc1nc(Nc2cccc(C#N)c2)nc(-c2ccccc2)n1. The predicted octanol–water partition coefficient (Wildman–Crippen LogP) is 3.97. The summed E-state index contributed by atoms with van der Waals surface area (Å²) >= 11 is 0. The third-order valence-electron chi connectivity index (χ3n) is 3.33. The summed E-state index contributed by atoms with van der Waals surface area (Å²) in [7, 11) is 0. The van der Waals surface area contributed by atoms with Crippen molar-refractivity contribution in [3.05, 3.63) is 60.2 Å². The Labute approximate surface area is 146 Å². The molecule has 25 heavy (non-hydrogen) atoms. The number of nitriles is 1. The Hall–Kier alpha value is -3.46. The lowest BCUT2D eigenvalue weighted by molar-refractivity contribution is 0.869. The van der Waals surface area contributed by atoms with Gasteiger partial charge in [-0.25, -0.2) is 0 Å². The molecule has 3 aromatic rings. The minimum absolute atomic E-state index is 0.195. The molecule has 0 saturated heterocycles. The third kappa shape index (κ3) is 4.30. The number of hydrogen-bond acceptors (Lipinski definition) is 6. The first-order valence-corrected chi connectivity index (χ1v) is 7.99. The van der Waals surface area contributed by atoms with Gasteiger partial charge < -0.3 is 10.6 Å². The lowest BCUT2D eigenvalue weighted by Gasteiger charge is -2.12. The maximum absolute atomic E-state index is 9.04. The summed E-state index contributed by atoms with van der Waals surface area (Å²) in [5.41, 5.74) is 2.23. The normalized spacial score (nSPS) is 10.3. The molecule has 2 aromatic carbocycles. The molecule has 0 saturated carbocycles. The molecule has 124 valence electrons. The largest absolute Gasteiger partial charge is 0.352 e. The van der Waals surface area contributed by atoms with Gasteiger partial charge in [0.25, 0.3) is 0 Å². The molecule has 0 radical (unpaired) electrons. The number of nitrogens with zero attached hydrogens (tertiary/aromatic N) is 4. The second-order valence-electron chi connectivity index (χ2n) is 5.79. The van der Waals surface area contributed by atoms with Gasteiger partial charge in [-0.05, 0) is 32.0 Å². The molecule has 0 fully saturated rings. The van der Waals surface area contributed by atoms with Crippen LogP contribution in [0.15, 0.2) is 54.6 Å². The van der Waals surface area contributed by atoms with Gasteiger partial charge in [-0.15, -0.1) is 0 Å². The Morgan fingerprint density at radius 2 is 1.68 bits per heavy atom. The molecule has 2 N–H and O–H groups in total. The fraction of sp³-hybridized carbons (Fsp3) is 0.158. The summed E-state index contributed by atoms with van der Waals surface area (Å²) in [6.45, 7) is 4.05. The van der Waals surface area contributed by atoms with Crippen LogP contribution < -0.4 is 10.6 Å². The zero-order valence-corrected chi connectivity index (χ0v) is 14.1. The minimum atomic E-state index is 0.195. The van der Waals surface area contributed by atoms with Gasteiger partial charge >= 0.3 is 0 Å². The molecule has 0 amide bonds. The van der Waals surface area contributed by atoms with Gasteiger partial charge in [0.2, 0.25) is 11.9 Å². The van der Waals surface area contributed by atoms with E-state index in [1.54, 1.807) is 12.1 Å². The highest BCUT2D eigenvalue weighted by atomic mass is 15.2. The van der Waals surface area contributed by atoms with Crippen molar-refractivity contribution < 1.29 is 0 Å². The lowest BCUT2D eigenvalue weighted by atomic mass is 10.2. The van der Waals surface area contributed by atoms with Crippen molar-refractivity contribution in [2.75, 3.05) is 10.6 Å². The zero-order valence-electron chi connectivity index (χ0n) is 14.1. The third-order valence-corrected chi connectivity index (χ3v) is 3.33. The average Bonchev–Trinajstić information content (AvgIpc) is 2.62. The van der Waals surface area contributed by atoms with Crippen molar-refractivity contribution in [3.8, 4) is 17.5 Å². The summed E-state index contributed by atoms with van der Waals surface area (Å²) in [6.07, 6.45) is 0. The molecule has 0 aliphatic heterocycles. The van der Waals surface area contributed by atoms with E-state index in [0.717, 1.165) is 11.3 Å². The molecule has 0 atom stereocenters. The standard InChI is InChI=1S/C19H18N6/c1-13(2)21-18-23-17(15-8-4-3-5-9-15)24-19(25-18)22-16-10-6-7-14(11-16)12-20/h3-11,13H,1-2H3,(H2,21,22,23,24,25). The van der Waals surface area contributed by atoms with Crippen LogP contribution in [0, 0.1) is 11.3 Å². The Bertz CT molecular complexity index is 899. The van der Waals surface area contributed by atoms with Crippen molar-refractivity contribution in [2.45, 2.75) is 19.9 Å². The molecule has 3 rings (SSSR count). The summed E-state index contributed by atoms with van der Waals surface area (Å²) < 4.78 is 0. The Kier molecular flexibility index (Phi) is 4.86. The van der Waals surface area contributed by atoms with E-state index in [9.17, 15) is 0 Å². The van der Waals surface area contributed by atoms with E-state index in [4.69, 9.17) is 5.26 Å². The Morgan fingerprint density at radius 1 is 0.920 bits per heavy atom. The molecule has 1 aromatic heterocycles. The number of rotatable bonds is 5. The van der Waals surface area contributed by atoms with Gasteiger partial charge in [-0.3, -0.25) is 0 Å². The van der Waals surface area contributed by atoms with Crippen LogP contribution in [0.1, 0.15) is 19.4 Å². The molecule has 6 nitrogen and oxygen atoms in total. The number of hydrogen-bond donors (Lipinski definition) is 2. The van der Waals surface area contributed by atoms with E-state index in [-0.39, 0.29) is 6.04 Å². The molecular formula is C19H18N6. The van der Waals surface area contributed by atoms with Gasteiger partial charge in [0.15, 0.2) is 5.82 Å². The van der Waals surface area contributed by atoms with E-state index in [1.807, 2.05) is 56.3 Å². The summed E-state index contributed by atoms with van der Waals surface area (Å²) in [4.78, 5) is 13.4. The second kappa shape index (κ2) is 7.41. The van der Waals surface area contributed by atoms with Crippen LogP contribution in [-0.2, 0) is 0 Å². The average molecular weight is 330 g/mol. The molecule has 1 heterocycles. The fourth-order valence-corrected chi connectivity index (χ4v) is 2.27. The molecule has 0 unspecified atom stereocenters. The highest BCUT2D eigenvalue weighted by molar-refractivity contribution is 5.61. The molecule has 6 heteroatoms. The Balaban J connectivity index is 1.98. The summed E-state index contributed by atoms with van der Waals surface area (Å²) in [5, 5.41) is 15.4. The van der Waals surface area contributed by atoms with Crippen molar-refractivity contribution in [1.29, 1.82) is 5.26 Å². The van der Waals surface area contributed by atoms with Gasteiger partial charge in [0, 0.05) is 17.3 Å². The highest BCUT2D eigenvalue weighted by Gasteiger charge is 2.10. The van der Waals surface area contributed by atoms with E-state index < -0.39 is 0 Å². The maximum atomic E-state index is 9.04. The first-order chi connectivity index (χ1) is 12.1. The number of anilines is 3. The van der Waals surface area contributed by atoms with Crippen LogP contribution >= 0.6 is 0 Å². The molecule has 0 bridgehead atoms. The first kappa shape index (κ1) is 16.4. The van der Waals surface area contributed by atoms with Crippen molar-refractivity contribution in [3.63, 3.8) is 0 Å². The van der Waals surface area contributed by atoms with Gasteiger partial charge in [0.05, 0.1) is 11.6 Å². The predicted molar refractivity (Wildman–Crippen MR) is 98.5 cm³/mol. The van der Waals surface area contributed by atoms with Gasteiger partial charge in [-0.1, -0.05) is 36.4 Å². The van der Waals surface area contributed by atoms with Crippen molar-refractivity contribution >= 4 is 17.6 Å². The van der Waals surface area contributed by atoms with Gasteiger partial charge in [-0.2, -0.15) is 20.2 Å². The van der Waals surface area contributed by atoms with E-state index in [2.05, 4.69) is 31.7 Å². The molecular weight excluding hydrogens is 312 g/mol. The number of nitrogens with one attached hydrogen (secondary N) is 2. The van der Waals surface area contributed by atoms with Crippen LogP contribution in [-0.4, -0.2) is 21.0 Å². The second-order valence-corrected chi connectivity index (χ2v) is 5.79. The number of benzene rings is 2. The van der Waals surface area contributed by atoms with E-state index >= 15 is 0 Å². The highest BCUT2D eigenvalue weighted by Crippen LogP contribution is 2.20. The van der Waals surface area contributed by atoms with E-state index in [1.165, 1.54) is 0 Å². The smallest absolute Gasteiger partial charge is 0.232 e. The van der Waals surface area contributed by atoms with Crippen LogP contribution in [0.3, 0.4) is 0 Å². The van der Waals surface area contributed by atoms with Crippen molar-refractivity contribution in [2.24, 2.45) is 0 Å². The lowest BCUT2D eigenvalue weighted by Crippen LogP contribution is -2.14. The molecule has 0 aliphatic carbocycles. The van der Waals surface area contributed by atoms with E-state index in [0.29, 0.717) is 23.3 Å². The first-order valence-electron chi connectivity index (χ1n) is 7.99. The van der Waals surface area contributed by atoms with Crippen LogP contribution in [0.2, 0.25) is 0 Å². The van der Waals surface area contributed by atoms with Crippen molar-refractivity contribution in [1.82, 2.24) is 15.0 Å². The summed E-state index contributed by atoms with van der Waals surface area (Å²) in [5.74, 6) is 1.51. The monoisotopic (exact) mass is 330 g/mol. The number of aromatic nitrogens is 3. The van der Waals surface area contributed by atoms with Gasteiger partial charge in [0.1, 0.15) is 0 Å². The maximum Gasteiger partial charge on any atom is 0.232 e. The minimum Gasteiger partial charge on any atom is -0.352 e. The van der Waals surface area contributed by atoms with Crippen LogP contribution in [0.25, 0.3) is 11.4 Å². The topological polar surface area (TPSA) is 86.5 Å². The molecule has 0 aliphatic rings. The summed E-state index contributed by atoms with van der Waals surface area (Å²) in [6, 6.07) is 19.2. The zero-order chi connectivity index (χ0) is 17.6.